The highest BCUT2D eigenvalue weighted by Crippen LogP contribution is 2.42. The van der Waals surface area contributed by atoms with Crippen molar-refractivity contribution in [2.45, 2.75) is 225 Å². The minimum Gasteiger partial charge on any atom is -0.394 e. The molecule has 0 aliphatic carbocycles. The molecule has 32 heteroatoms. The Morgan fingerprint density at radius 3 is 1.23 bits per heavy atom. The van der Waals surface area contributed by atoms with Gasteiger partial charge in [-0.15, -0.1) is 0 Å². The number of Topliss-reactive ketones (excluding diaryl/α,β-unsaturated/α-hetero) is 2. The predicted octanol–water partition coefficient (Wildman–Crippen LogP) is -9.38. The number of ether oxygens (including phenoxy) is 11. The van der Waals surface area contributed by atoms with Crippen LogP contribution in [0.15, 0.2) is 0 Å². The monoisotopic (exact) mass is 1160 g/mol. The molecule has 78 heavy (non-hydrogen) atoms. The Kier molecular flexibility index (Phi) is 22.7. The van der Waals surface area contributed by atoms with Crippen LogP contribution in [0.5, 0.6) is 0 Å². The first-order chi connectivity index (χ1) is 36.5. The van der Waals surface area contributed by atoms with Crippen molar-refractivity contribution in [2.75, 3.05) is 39.6 Å². The van der Waals surface area contributed by atoms with Gasteiger partial charge in [-0.2, -0.15) is 0 Å². The zero-order valence-electron chi connectivity index (χ0n) is 43.9. The van der Waals surface area contributed by atoms with Crippen molar-refractivity contribution >= 4 is 19.9 Å². The van der Waals surface area contributed by atoms with E-state index < -0.39 is 248 Å². The molecule has 0 bridgehead atoms. The van der Waals surface area contributed by atoms with E-state index in [1.54, 1.807) is 13.1 Å². The van der Waals surface area contributed by atoms with Crippen LogP contribution in [0, 0.1) is 11.8 Å². The second-order valence-electron chi connectivity index (χ2n) is 21.9. The molecule has 0 aromatic heterocycles. The van der Waals surface area contributed by atoms with E-state index in [9.17, 15) is 96.4 Å². The van der Waals surface area contributed by atoms with Crippen LogP contribution in [0.3, 0.4) is 0 Å². The zero-order chi connectivity index (χ0) is 58.2. The molecular weight excluding hydrogens is 1080 g/mol. The summed E-state index contributed by atoms with van der Waals surface area (Å²) in [7, 11) is -2.99. The lowest BCUT2D eigenvalue weighted by Crippen LogP contribution is -2.68. The van der Waals surface area contributed by atoms with Gasteiger partial charge in [0.1, 0.15) is 134 Å². The largest absolute Gasteiger partial charge is 0.394 e. The van der Waals surface area contributed by atoms with Crippen LogP contribution >= 0.6 is 0 Å². The molecule has 0 aromatic carbocycles. The van der Waals surface area contributed by atoms with E-state index in [0.717, 1.165) is 13.8 Å². The van der Waals surface area contributed by atoms with Gasteiger partial charge < -0.3 is 143 Å². The molecule has 31 nitrogen and oxygen atoms in total. The Labute approximate surface area is 448 Å². The van der Waals surface area contributed by atoms with Crippen molar-refractivity contribution in [3.63, 3.8) is 0 Å². The summed E-state index contributed by atoms with van der Waals surface area (Å²) in [6, 6.07) is 0. The van der Waals surface area contributed by atoms with Crippen molar-refractivity contribution in [3.8, 4) is 0 Å². The Morgan fingerprint density at radius 2 is 0.756 bits per heavy atom. The lowest BCUT2D eigenvalue weighted by molar-refractivity contribution is -0.391. The number of aliphatic hydroxyl groups excluding tert-OH is 17. The summed E-state index contributed by atoms with van der Waals surface area (Å²) in [6.07, 6.45) is -52.1. The molecule has 6 fully saturated rings. The summed E-state index contributed by atoms with van der Waals surface area (Å²) in [5, 5.41) is 183. The third-order valence-corrected chi connectivity index (χ3v) is 20.1. The van der Waals surface area contributed by atoms with E-state index in [1.807, 2.05) is 20.8 Å². The minimum absolute atomic E-state index is 0.564. The second kappa shape index (κ2) is 27.0. The lowest BCUT2D eigenvalue weighted by atomic mass is 9.87. The van der Waals surface area contributed by atoms with Crippen LogP contribution in [0.25, 0.3) is 0 Å². The third kappa shape index (κ3) is 13.6. The number of carbonyl (C=O) groups is 2. The Balaban J connectivity index is 1.30. The fraction of sp³-hybridized carbons (Fsp3) is 0.957. The van der Waals surface area contributed by atoms with Gasteiger partial charge in [0.15, 0.2) is 46.1 Å². The van der Waals surface area contributed by atoms with E-state index in [4.69, 9.17) is 56.5 Å². The van der Waals surface area contributed by atoms with Crippen LogP contribution in [0.1, 0.15) is 34.6 Å². The Morgan fingerprint density at radius 1 is 0.385 bits per heavy atom. The third-order valence-electron chi connectivity index (χ3n) is 15.6. The maximum absolute atomic E-state index is 13.4. The van der Waals surface area contributed by atoms with Gasteiger partial charge in [0, 0.05) is 0 Å². The first-order valence-electron chi connectivity index (χ1n) is 25.5. The number of hydrogen-bond acceptors (Lipinski definition) is 31. The average Bonchev–Trinajstić information content (AvgIpc) is 3.44. The van der Waals surface area contributed by atoms with Crippen LogP contribution in [-0.4, -0.2) is 318 Å². The molecule has 6 aliphatic heterocycles. The predicted molar refractivity (Wildman–Crippen MR) is 252 cm³/mol. The summed E-state index contributed by atoms with van der Waals surface area (Å²) < 4.78 is 71.2. The summed E-state index contributed by atoms with van der Waals surface area (Å²) in [4.78, 5) is 26.1. The average molecular weight is 1160 g/mol. The van der Waals surface area contributed by atoms with E-state index in [-0.39, 0.29) is 0 Å². The van der Waals surface area contributed by atoms with E-state index >= 15 is 0 Å². The minimum atomic E-state index is -2.99. The van der Waals surface area contributed by atoms with Crippen molar-refractivity contribution in [2.24, 2.45) is 11.8 Å². The van der Waals surface area contributed by atoms with Crippen molar-refractivity contribution in [1.29, 1.82) is 0 Å². The normalized spacial score (nSPS) is 47.9. The summed E-state index contributed by atoms with van der Waals surface area (Å²) in [5.41, 5.74) is 0. The topological polar surface area (TPSA) is 489 Å². The second-order valence-corrected chi connectivity index (χ2v) is 26.7. The molecule has 0 amide bonds. The van der Waals surface area contributed by atoms with E-state index in [2.05, 4.69) is 0 Å². The zero-order valence-corrected chi connectivity index (χ0v) is 44.9. The molecule has 17 N–H and O–H groups in total. The molecule has 0 unspecified atom stereocenters. The Bertz CT molecular complexity index is 1920. The molecule has 6 aliphatic rings. The molecule has 30 atom stereocenters. The van der Waals surface area contributed by atoms with Crippen LogP contribution in [0.2, 0.25) is 18.1 Å². The van der Waals surface area contributed by atoms with Gasteiger partial charge in [-0.05, 0) is 32.0 Å². The van der Waals surface area contributed by atoms with Crippen molar-refractivity contribution in [1.82, 2.24) is 0 Å². The highest BCUT2D eigenvalue weighted by atomic mass is 28.4. The number of rotatable bonds is 20. The maximum atomic E-state index is 13.4. The molecule has 6 rings (SSSR count). The molecule has 454 valence electrons. The maximum Gasteiger partial charge on any atom is 0.195 e. The van der Waals surface area contributed by atoms with Crippen molar-refractivity contribution < 1.29 is 153 Å². The first-order valence-corrected chi connectivity index (χ1v) is 28.5. The van der Waals surface area contributed by atoms with Gasteiger partial charge >= 0.3 is 0 Å². The highest BCUT2D eigenvalue weighted by molar-refractivity contribution is 6.74. The van der Waals surface area contributed by atoms with Gasteiger partial charge in [0.25, 0.3) is 0 Å². The van der Waals surface area contributed by atoms with Crippen LogP contribution in [0.4, 0.5) is 0 Å². The first kappa shape index (κ1) is 65.5. The summed E-state index contributed by atoms with van der Waals surface area (Å²) in [6.45, 7) is 5.74. The van der Waals surface area contributed by atoms with E-state index in [1.165, 1.54) is 0 Å². The standard InChI is InChI=1S/C46H80O31Si/c1-14(52)22-29(59)24(54)16(8-47)67-40(22)75-38-32(62)26(56)18(10-49)69-44(38)66-13-21-28(58)37(35(65)43(72-21)77-78(6,7)46(3,4)5)74-45-39(33(63)27(57)19(11-50)70-45)76-41-23(15(2)53)30(60)36(20(12-51)71-41)73-42-34(64)31(61)25(55)17(9-48)68-42/h16-45,47-51,54-65H,8-13H2,1-7H3/t16-,17-,18-,19-,20-,21-,22-,23-,24-,25+,26-,27-,28-,29-,30-,31+,32+,33+,34-,35+,36-,37+,38+,39+,40+,41+,42+,43-,44+,45-/m1/s1. The number of carbonyl (C=O) groups excluding carboxylic acids is 2. The summed E-state index contributed by atoms with van der Waals surface area (Å²) >= 11 is 0. The number of aliphatic hydroxyl groups is 17. The van der Waals surface area contributed by atoms with Crippen molar-refractivity contribution in [3.05, 3.63) is 0 Å². The quantitative estimate of drug-likeness (QED) is 0.0503. The molecule has 0 saturated carbocycles. The van der Waals surface area contributed by atoms with Crippen LogP contribution < -0.4 is 0 Å². The molecule has 0 radical (unpaired) electrons. The van der Waals surface area contributed by atoms with Gasteiger partial charge in [-0.3, -0.25) is 9.59 Å². The Hall–Kier alpha value is -1.60. The number of ketones is 2. The fourth-order valence-electron chi connectivity index (χ4n) is 9.81. The lowest BCUT2D eigenvalue weighted by Gasteiger charge is -2.50. The van der Waals surface area contributed by atoms with Gasteiger partial charge in [-0.25, -0.2) is 0 Å². The van der Waals surface area contributed by atoms with Gasteiger partial charge in [0.2, 0.25) is 0 Å². The SMILES string of the molecule is CC(=O)[C@H]1[C@H](O[C@@H]2[C@@H](OC[C@H]3O[C@H](O[Si](C)(C)C(C)(C)C)[C@@H](O)[C@@H](O[C@H]4O[C@H](CO)[C@@H](O)[C@H](O)[C@@H]4O[C@@H]4O[C@H](CO)[C@@H](O[C@@H]5O[C@H](CO)[C@H](O)[C@H](O)[C@H]5O)[C@H](O)[C@H]4C(C)=O)[C@@H]3O)O[C@H](CO)[C@@H](O)[C@@H]2O)O[C@H](CO)[C@@H](O)[C@@H]1O. The molecular formula is C46H80O31Si. The van der Waals surface area contributed by atoms with Gasteiger partial charge in [-0.1, -0.05) is 20.8 Å². The van der Waals surface area contributed by atoms with Crippen LogP contribution in [-0.2, 0) is 66.1 Å². The highest BCUT2D eigenvalue weighted by Gasteiger charge is 2.59. The molecule has 0 aromatic rings. The smallest absolute Gasteiger partial charge is 0.195 e. The fourth-order valence-corrected chi connectivity index (χ4v) is 10.9. The molecule has 0 spiro atoms. The summed E-state index contributed by atoms with van der Waals surface area (Å²) in [5.74, 6) is -5.08. The van der Waals surface area contributed by atoms with E-state index in [0.29, 0.717) is 0 Å². The molecule has 6 saturated heterocycles. The van der Waals surface area contributed by atoms with Gasteiger partial charge in [0.05, 0.1) is 63.7 Å². The molecule has 6 heterocycles. The number of hydrogen-bond donors (Lipinski definition) is 17.